The first kappa shape index (κ1) is 12.1. The Morgan fingerprint density at radius 3 is 2.38 bits per heavy atom. The van der Waals surface area contributed by atoms with E-state index in [0.29, 0.717) is 0 Å². The molecule has 0 aromatic rings. The second kappa shape index (κ2) is 6.60. The van der Waals surface area contributed by atoms with Crippen LogP contribution in [0.15, 0.2) is 0 Å². The number of likely N-dealkylation sites (N-methyl/N-ethyl adjacent to an activating group) is 1. The van der Waals surface area contributed by atoms with Gasteiger partial charge in [0.25, 0.3) is 0 Å². The predicted molar refractivity (Wildman–Crippen MR) is 51.4 cm³/mol. The normalized spacial score (nSPS) is 12.2. The van der Waals surface area contributed by atoms with Gasteiger partial charge < -0.3 is 10.6 Å². The molecule has 0 fully saturated rings. The number of amides is 1. The number of carbonyl (C=O) groups is 2. The van der Waals surface area contributed by atoms with Crippen LogP contribution in [0.1, 0.15) is 26.7 Å². The minimum Gasteiger partial charge on any atom is -0.348 e. The molecule has 0 heterocycles. The lowest BCUT2D eigenvalue weighted by Crippen LogP contribution is -2.43. The van der Waals surface area contributed by atoms with Gasteiger partial charge in [-0.3, -0.25) is 9.59 Å². The molecular formula is C9H18N2O2. The molecular weight excluding hydrogens is 168 g/mol. The number of hydrogen-bond donors (Lipinski definition) is 2. The summed E-state index contributed by atoms with van der Waals surface area (Å²) in [5, 5.41) is 5.47. The molecule has 0 aromatic heterocycles. The van der Waals surface area contributed by atoms with Gasteiger partial charge in [-0.15, -0.1) is 0 Å². The second-order valence-electron chi connectivity index (χ2n) is 3.05. The zero-order valence-electron chi connectivity index (χ0n) is 8.52. The first-order valence-electron chi connectivity index (χ1n) is 4.56. The standard InChI is InChI=1S/C9H18N2O2/c1-4-5-8(10-3)9(13)11-6-7(2)12/h8,10H,4-6H2,1-3H3,(H,11,13). The summed E-state index contributed by atoms with van der Waals surface area (Å²) in [4.78, 5) is 21.9. The highest BCUT2D eigenvalue weighted by Gasteiger charge is 2.14. The third-order valence-electron chi connectivity index (χ3n) is 1.75. The maximum atomic E-state index is 11.3. The van der Waals surface area contributed by atoms with Gasteiger partial charge in [-0.05, 0) is 20.4 Å². The van der Waals surface area contributed by atoms with E-state index in [1.54, 1.807) is 7.05 Å². The molecule has 4 nitrogen and oxygen atoms in total. The maximum absolute atomic E-state index is 11.3. The van der Waals surface area contributed by atoms with Crippen molar-refractivity contribution < 1.29 is 9.59 Å². The molecule has 0 saturated heterocycles. The number of rotatable bonds is 6. The Kier molecular flexibility index (Phi) is 6.14. The van der Waals surface area contributed by atoms with Gasteiger partial charge in [0.05, 0.1) is 12.6 Å². The molecule has 0 radical (unpaired) electrons. The van der Waals surface area contributed by atoms with Crippen molar-refractivity contribution in [3.05, 3.63) is 0 Å². The van der Waals surface area contributed by atoms with Crippen molar-refractivity contribution in [3.63, 3.8) is 0 Å². The van der Waals surface area contributed by atoms with Crippen LogP contribution in [0.5, 0.6) is 0 Å². The number of carbonyl (C=O) groups excluding carboxylic acids is 2. The van der Waals surface area contributed by atoms with Gasteiger partial charge in [0.15, 0.2) is 0 Å². The van der Waals surface area contributed by atoms with Crippen molar-refractivity contribution in [1.82, 2.24) is 10.6 Å². The minimum atomic E-state index is -0.177. The number of Topliss-reactive ketones (excluding diaryl/α,β-unsaturated/α-hetero) is 1. The molecule has 1 atom stereocenters. The Morgan fingerprint density at radius 1 is 1.38 bits per heavy atom. The Labute approximate surface area is 79.1 Å². The predicted octanol–water partition coefficient (Wildman–Crippen LogP) is 0.0797. The molecule has 1 amide bonds. The van der Waals surface area contributed by atoms with Gasteiger partial charge in [0.2, 0.25) is 5.91 Å². The van der Waals surface area contributed by atoms with Crippen LogP contribution in [0.4, 0.5) is 0 Å². The monoisotopic (exact) mass is 186 g/mol. The molecule has 2 N–H and O–H groups in total. The average molecular weight is 186 g/mol. The average Bonchev–Trinajstić information content (AvgIpc) is 2.10. The van der Waals surface area contributed by atoms with Crippen LogP contribution in [-0.2, 0) is 9.59 Å². The van der Waals surface area contributed by atoms with Gasteiger partial charge in [-0.2, -0.15) is 0 Å². The highest BCUT2D eigenvalue weighted by molar-refractivity contribution is 5.87. The van der Waals surface area contributed by atoms with Crippen LogP contribution in [0, 0.1) is 0 Å². The van der Waals surface area contributed by atoms with E-state index in [9.17, 15) is 9.59 Å². The van der Waals surface area contributed by atoms with Gasteiger partial charge in [0.1, 0.15) is 5.78 Å². The SMILES string of the molecule is CCCC(NC)C(=O)NCC(C)=O. The van der Waals surface area contributed by atoms with Gasteiger partial charge in [0, 0.05) is 0 Å². The van der Waals surface area contributed by atoms with Crippen LogP contribution in [-0.4, -0.2) is 31.3 Å². The van der Waals surface area contributed by atoms with Crippen molar-refractivity contribution in [2.45, 2.75) is 32.7 Å². The van der Waals surface area contributed by atoms with Crippen molar-refractivity contribution in [3.8, 4) is 0 Å². The van der Waals surface area contributed by atoms with Crippen LogP contribution in [0.25, 0.3) is 0 Å². The quantitative estimate of drug-likeness (QED) is 0.617. The molecule has 1 unspecified atom stereocenters. The molecule has 0 bridgehead atoms. The molecule has 76 valence electrons. The molecule has 0 aliphatic rings. The highest BCUT2D eigenvalue weighted by Crippen LogP contribution is 1.95. The topological polar surface area (TPSA) is 58.2 Å². The number of nitrogens with one attached hydrogen (secondary N) is 2. The summed E-state index contributed by atoms with van der Waals surface area (Å²) in [6.07, 6.45) is 1.74. The van der Waals surface area contributed by atoms with Crippen LogP contribution < -0.4 is 10.6 Å². The number of hydrogen-bond acceptors (Lipinski definition) is 3. The molecule has 0 saturated carbocycles. The van der Waals surface area contributed by atoms with Gasteiger partial charge in [-0.25, -0.2) is 0 Å². The third kappa shape index (κ3) is 5.36. The Hall–Kier alpha value is -0.900. The molecule has 0 aliphatic heterocycles. The number of ketones is 1. The van der Waals surface area contributed by atoms with Crippen molar-refractivity contribution in [1.29, 1.82) is 0 Å². The van der Waals surface area contributed by atoms with E-state index in [-0.39, 0.29) is 24.3 Å². The summed E-state index contributed by atoms with van der Waals surface area (Å²) in [7, 11) is 1.74. The summed E-state index contributed by atoms with van der Waals surface area (Å²) in [5.41, 5.74) is 0. The fraction of sp³-hybridized carbons (Fsp3) is 0.778. The van der Waals surface area contributed by atoms with E-state index in [1.807, 2.05) is 6.92 Å². The third-order valence-corrected chi connectivity index (χ3v) is 1.75. The van der Waals surface area contributed by atoms with E-state index in [1.165, 1.54) is 6.92 Å². The van der Waals surface area contributed by atoms with Gasteiger partial charge >= 0.3 is 0 Å². The van der Waals surface area contributed by atoms with E-state index < -0.39 is 0 Å². The Bertz CT molecular complexity index is 180. The summed E-state index contributed by atoms with van der Waals surface area (Å²) in [6.45, 7) is 3.60. The summed E-state index contributed by atoms with van der Waals surface area (Å²) in [5.74, 6) is -0.126. The summed E-state index contributed by atoms with van der Waals surface area (Å²) < 4.78 is 0. The second-order valence-corrected chi connectivity index (χ2v) is 3.05. The van der Waals surface area contributed by atoms with E-state index in [2.05, 4.69) is 10.6 Å². The van der Waals surface area contributed by atoms with Crippen molar-refractivity contribution in [2.24, 2.45) is 0 Å². The first-order chi connectivity index (χ1) is 6.11. The zero-order chi connectivity index (χ0) is 10.3. The van der Waals surface area contributed by atoms with E-state index >= 15 is 0 Å². The lowest BCUT2D eigenvalue weighted by molar-refractivity contribution is -0.126. The minimum absolute atomic E-state index is 0.0281. The van der Waals surface area contributed by atoms with E-state index in [0.717, 1.165) is 12.8 Å². The van der Waals surface area contributed by atoms with Crippen molar-refractivity contribution in [2.75, 3.05) is 13.6 Å². The Morgan fingerprint density at radius 2 is 2.00 bits per heavy atom. The molecule has 13 heavy (non-hydrogen) atoms. The van der Waals surface area contributed by atoms with Crippen LogP contribution in [0.3, 0.4) is 0 Å². The molecule has 0 rings (SSSR count). The molecule has 0 spiro atoms. The maximum Gasteiger partial charge on any atom is 0.237 e. The van der Waals surface area contributed by atoms with E-state index in [4.69, 9.17) is 0 Å². The lowest BCUT2D eigenvalue weighted by atomic mass is 10.1. The summed E-state index contributed by atoms with van der Waals surface area (Å²) >= 11 is 0. The fourth-order valence-electron chi connectivity index (χ4n) is 1.03. The van der Waals surface area contributed by atoms with Crippen molar-refractivity contribution >= 4 is 11.7 Å². The zero-order valence-corrected chi connectivity index (χ0v) is 8.52. The highest BCUT2D eigenvalue weighted by atomic mass is 16.2. The molecule has 4 heteroatoms. The molecule has 0 aliphatic carbocycles. The summed E-state index contributed by atoms with van der Waals surface area (Å²) in [6, 6.07) is -0.177. The Balaban J connectivity index is 3.84. The van der Waals surface area contributed by atoms with Crippen LogP contribution >= 0.6 is 0 Å². The lowest BCUT2D eigenvalue weighted by Gasteiger charge is -2.13. The fourth-order valence-corrected chi connectivity index (χ4v) is 1.03. The molecule has 0 aromatic carbocycles. The smallest absolute Gasteiger partial charge is 0.237 e. The van der Waals surface area contributed by atoms with Crippen LogP contribution in [0.2, 0.25) is 0 Å². The van der Waals surface area contributed by atoms with Gasteiger partial charge in [-0.1, -0.05) is 13.3 Å². The largest absolute Gasteiger partial charge is 0.348 e. The first-order valence-corrected chi connectivity index (χ1v) is 4.56.